The molecule has 7 nitrogen and oxygen atoms in total. The second-order valence-electron chi connectivity index (χ2n) is 6.64. The van der Waals surface area contributed by atoms with Crippen LogP contribution < -0.4 is 9.64 Å². The number of aromatic nitrogens is 3. The van der Waals surface area contributed by atoms with E-state index < -0.39 is 13.0 Å². The number of amides is 1. The van der Waals surface area contributed by atoms with E-state index in [-0.39, 0.29) is 17.4 Å². The Hall–Kier alpha value is -2.84. The van der Waals surface area contributed by atoms with Crippen LogP contribution in [0.1, 0.15) is 28.2 Å². The molecule has 9 heteroatoms. The average molecular weight is 391 g/mol. The van der Waals surface area contributed by atoms with Crippen molar-refractivity contribution in [2.45, 2.75) is 26.7 Å². The van der Waals surface area contributed by atoms with Crippen LogP contribution in [0.25, 0.3) is 0 Å². The maximum atomic E-state index is 12.9. The van der Waals surface area contributed by atoms with Crippen LogP contribution >= 0.6 is 0 Å². The minimum absolute atomic E-state index is 0.0634. The monoisotopic (exact) mass is 391 g/mol. The summed E-state index contributed by atoms with van der Waals surface area (Å²) < 4.78 is 29.9. The molecule has 1 saturated heterocycles. The van der Waals surface area contributed by atoms with Gasteiger partial charge in [0.15, 0.2) is 6.61 Å². The van der Waals surface area contributed by atoms with Gasteiger partial charge < -0.3 is 14.5 Å². The van der Waals surface area contributed by atoms with Gasteiger partial charge in [-0.15, -0.1) is 0 Å². The molecular formula is C19H23F2N5O2. The molecule has 3 heterocycles. The molecule has 0 aromatic carbocycles. The second-order valence-corrected chi connectivity index (χ2v) is 6.64. The van der Waals surface area contributed by atoms with Crippen molar-refractivity contribution in [2.24, 2.45) is 0 Å². The molecule has 0 N–H and O–H groups in total. The maximum Gasteiger partial charge on any atom is 0.272 e. The molecule has 2 aromatic rings. The summed E-state index contributed by atoms with van der Waals surface area (Å²) in [5.74, 6) is 0.321. The van der Waals surface area contributed by atoms with E-state index in [1.807, 2.05) is 19.9 Å². The highest BCUT2D eigenvalue weighted by Gasteiger charge is 2.24. The third-order valence-corrected chi connectivity index (χ3v) is 4.38. The summed E-state index contributed by atoms with van der Waals surface area (Å²) in [5.41, 5.74) is 1.99. The van der Waals surface area contributed by atoms with E-state index in [1.54, 1.807) is 17.0 Å². The topological polar surface area (TPSA) is 71.5 Å². The van der Waals surface area contributed by atoms with Crippen molar-refractivity contribution in [3.8, 4) is 5.88 Å². The number of nitrogens with zero attached hydrogens (tertiary/aromatic N) is 5. The third-order valence-electron chi connectivity index (χ3n) is 4.38. The molecule has 1 aliphatic heterocycles. The molecule has 0 aliphatic carbocycles. The fourth-order valence-corrected chi connectivity index (χ4v) is 3.15. The smallest absolute Gasteiger partial charge is 0.272 e. The highest BCUT2D eigenvalue weighted by Crippen LogP contribution is 2.20. The number of carbonyl (C=O) groups excluding carboxylic acids is 1. The van der Waals surface area contributed by atoms with E-state index in [9.17, 15) is 13.6 Å². The first kappa shape index (κ1) is 19.9. The first-order valence-electron chi connectivity index (χ1n) is 9.16. The van der Waals surface area contributed by atoms with Crippen molar-refractivity contribution in [1.29, 1.82) is 0 Å². The van der Waals surface area contributed by atoms with Gasteiger partial charge in [0, 0.05) is 43.8 Å². The molecule has 3 rings (SSSR count). The van der Waals surface area contributed by atoms with Gasteiger partial charge in [0.25, 0.3) is 12.3 Å². The Bertz CT molecular complexity index is 813. The van der Waals surface area contributed by atoms with Gasteiger partial charge in [-0.1, -0.05) is 0 Å². The lowest BCUT2D eigenvalue weighted by molar-refractivity contribution is 0.0709. The Labute approximate surface area is 162 Å². The number of hydrogen-bond donors (Lipinski definition) is 0. The highest BCUT2D eigenvalue weighted by molar-refractivity contribution is 5.96. The fraction of sp³-hybridized carbons (Fsp3) is 0.474. The lowest BCUT2D eigenvalue weighted by Crippen LogP contribution is -2.36. The van der Waals surface area contributed by atoms with Gasteiger partial charge in [-0.05, 0) is 38.5 Å². The second kappa shape index (κ2) is 8.90. The van der Waals surface area contributed by atoms with Gasteiger partial charge >= 0.3 is 0 Å². The number of carbonyl (C=O) groups is 1. The normalized spacial score (nSPS) is 14.9. The number of rotatable bonds is 5. The predicted molar refractivity (Wildman–Crippen MR) is 100.0 cm³/mol. The van der Waals surface area contributed by atoms with E-state index in [1.165, 1.54) is 6.20 Å². The van der Waals surface area contributed by atoms with Crippen LogP contribution in [0.2, 0.25) is 0 Å². The van der Waals surface area contributed by atoms with Crippen LogP contribution in [0, 0.1) is 13.8 Å². The molecule has 0 spiro atoms. The maximum absolute atomic E-state index is 12.9. The molecule has 1 aliphatic rings. The van der Waals surface area contributed by atoms with Crippen molar-refractivity contribution in [3.05, 3.63) is 41.3 Å². The van der Waals surface area contributed by atoms with E-state index >= 15 is 0 Å². The summed E-state index contributed by atoms with van der Waals surface area (Å²) in [5, 5.41) is 0. The van der Waals surface area contributed by atoms with Crippen molar-refractivity contribution in [3.63, 3.8) is 0 Å². The van der Waals surface area contributed by atoms with Gasteiger partial charge in [-0.3, -0.25) is 4.79 Å². The Balaban J connectivity index is 1.71. The Morgan fingerprint density at radius 3 is 2.64 bits per heavy atom. The van der Waals surface area contributed by atoms with Gasteiger partial charge in [-0.25, -0.2) is 23.7 Å². The van der Waals surface area contributed by atoms with Crippen LogP contribution in [-0.2, 0) is 0 Å². The molecule has 150 valence electrons. The van der Waals surface area contributed by atoms with Crippen LogP contribution in [0.5, 0.6) is 5.88 Å². The number of aryl methyl sites for hydroxylation is 2. The van der Waals surface area contributed by atoms with Crippen LogP contribution in [0.3, 0.4) is 0 Å². The number of hydrogen-bond acceptors (Lipinski definition) is 6. The SMILES string of the molecule is Cc1cc(C)nc(N2CCCN(C(=O)c3cccnc3OCC(F)F)CC2)n1. The zero-order valence-electron chi connectivity index (χ0n) is 15.9. The van der Waals surface area contributed by atoms with E-state index in [0.29, 0.717) is 25.6 Å². The van der Waals surface area contributed by atoms with Crippen molar-refractivity contribution in [2.75, 3.05) is 37.7 Å². The quantitative estimate of drug-likeness (QED) is 0.780. The summed E-state index contributed by atoms with van der Waals surface area (Å²) in [6.07, 6.45) is -0.469. The first-order chi connectivity index (χ1) is 13.4. The standard InChI is InChI=1S/C19H23F2N5O2/c1-13-11-14(2)24-19(23-13)26-8-4-7-25(9-10-26)18(27)15-5-3-6-22-17(15)28-12-16(20)21/h3,5-6,11,16H,4,7-10,12H2,1-2H3. The number of pyridine rings is 1. The molecule has 0 radical (unpaired) electrons. The fourth-order valence-electron chi connectivity index (χ4n) is 3.15. The zero-order valence-corrected chi connectivity index (χ0v) is 15.9. The average Bonchev–Trinajstić information content (AvgIpc) is 2.91. The van der Waals surface area contributed by atoms with E-state index in [4.69, 9.17) is 4.74 Å². The number of alkyl halides is 2. The van der Waals surface area contributed by atoms with Gasteiger partial charge in [0.05, 0.1) is 0 Å². The Kier molecular flexibility index (Phi) is 6.33. The third kappa shape index (κ3) is 4.90. The zero-order chi connectivity index (χ0) is 20.1. The molecule has 1 amide bonds. The Morgan fingerprint density at radius 1 is 1.18 bits per heavy atom. The van der Waals surface area contributed by atoms with Gasteiger partial charge in [-0.2, -0.15) is 0 Å². The molecule has 1 fully saturated rings. The van der Waals surface area contributed by atoms with Crippen molar-refractivity contribution >= 4 is 11.9 Å². The van der Waals surface area contributed by atoms with E-state index in [0.717, 1.165) is 24.4 Å². The molecule has 2 aromatic heterocycles. The van der Waals surface area contributed by atoms with Crippen LogP contribution in [0.4, 0.5) is 14.7 Å². The molecular weight excluding hydrogens is 368 g/mol. The largest absolute Gasteiger partial charge is 0.471 e. The van der Waals surface area contributed by atoms with Crippen LogP contribution in [0.15, 0.2) is 24.4 Å². The number of halogens is 2. The predicted octanol–water partition coefficient (Wildman–Crippen LogP) is 2.48. The summed E-state index contributed by atoms with van der Waals surface area (Å²) >= 11 is 0. The first-order valence-corrected chi connectivity index (χ1v) is 9.16. The lowest BCUT2D eigenvalue weighted by Gasteiger charge is -2.23. The van der Waals surface area contributed by atoms with Gasteiger partial charge in [0.2, 0.25) is 11.8 Å². The minimum atomic E-state index is -2.63. The summed E-state index contributed by atoms with van der Waals surface area (Å²) in [6, 6.07) is 5.06. The van der Waals surface area contributed by atoms with E-state index in [2.05, 4.69) is 19.9 Å². The minimum Gasteiger partial charge on any atom is -0.471 e. The highest BCUT2D eigenvalue weighted by atomic mass is 19.3. The number of ether oxygens (including phenoxy) is 1. The molecule has 0 atom stereocenters. The number of anilines is 1. The van der Waals surface area contributed by atoms with Crippen LogP contribution in [-0.4, -0.2) is 65.0 Å². The summed E-state index contributed by atoms with van der Waals surface area (Å²) in [4.78, 5) is 29.6. The van der Waals surface area contributed by atoms with Crippen molar-refractivity contribution in [1.82, 2.24) is 19.9 Å². The molecule has 0 bridgehead atoms. The van der Waals surface area contributed by atoms with Gasteiger partial charge in [0.1, 0.15) is 5.56 Å². The summed E-state index contributed by atoms with van der Waals surface area (Å²) in [6.45, 7) is 5.39. The van der Waals surface area contributed by atoms with Crippen molar-refractivity contribution < 1.29 is 18.3 Å². The molecule has 0 saturated carbocycles. The molecule has 0 unspecified atom stereocenters. The Morgan fingerprint density at radius 2 is 1.93 bits per heavy atom. The summed E-state index contributed by atoms with van der Waals surface area (Å²) in [7, 11) is 0. The molecule has 28 heavy (non-hydrogen) atoms. The lowest BCUT2D eigenvalue weighted by atomic mass is 10.2.